The summed E-state index contributed by atoms with van der Waals surface area (Å²) >= 11 is 1.48. The Labute approximate surface area is 247 Å². The number of benzene rings is 2. The van der Waals surface area contributed by atoms with E-state index in [0.717, 1.165) is 61.3 Å². The van der Waals surface area contributed by atoms with Crippen LogP contribution in [0.3, 0.4) is 0 Å². The highest BCUT2D eigenvalue weighted by Gasteiger charge is 2.31. The second kappa shape index (κ2) is 12.3. The SMILES string of the molecule is CCCN1CCc2c(sc(NC(=O)c3ccc(S(=O)(=O)N4CCCc5ccccc54)cc3)c2C(=O)N(CC)CC)C1. The lowest BCUT2D eigenvalue weighted by atomic mass is 10.0. The summed E-state index contributed by atoms with van der Waals surface area (Å²) in [7, 11) is -3.77. The van der Waals surface area contributed by atoms with Crippen molar-refractivity contribution in [2.24, 2.45) is 0 Å². The Morgan fingerprint density at radius 3 is 2.41 bits per heavy atom. The number of thiophene rings is 1. The van der Waals surface area contributed by atoms with E-state index in [0.29, 0.717) is 41.4 Å². The summed E-state index contributed by atoms with van der Waals surface area (Å²) in [6, 6.07) is 13.6. The molecule has 0 unspecified atom stereocenters. The molecule has 0 atom stereocenters. The fraction of sp³-hybridized carbons (Fsp3) is 0.419. The molecule has 2 aliphatic rings. The van der Waals surface area contributed by atoms with Gasteiger partial charge in [0.15, 0.2) is 0 Å². The zero-order chi connectivity index (χ0) is 29.1. The van der Waals surface area contributed by atoms with E-state index in [4.69, 9.17) is 0 Å². The van der Waals surface area contributed by atoms with Crippen LogP contribution in [0.25, 0.3) is 0 Å². The maximum absolute atomic E-state index is 13.6. The first kappa shape index (κ1) is 29.3. The van der Waals surface area contributed by atoms with Crippen molar-refractivity contribution in [2.45, 2.75) is 57.9 Å². The summed E-state index contributed by atoms with van der Waals surface area (Å²) in [4.78, 5) is 32.4. The number of anilines is 2. The number of nitrogens with one attached hydrogen (secondary N) is 1. The lowest BCUT2D eigenvalue weighted by Gasteiger charge is -2.30. The maximum atomic E-state index is 13.6. The van der Waals surface area contributed by atoms with Crippen LogP contribution in [0, 0.1) is 0 Å². The number of para-hydroxylation sites is 1. The number of rotatable bonds is 9. The summed E-state index contributed by atoms with van der Waals surface area (Å²) < 4.78 is 28.5. The Hall–Kier alpha value is -3.21. The van der Waals surface area contributed by atoms with Crippen LogP contribution < -0.4 is 9.62 Å². The smallest absolute Gasteiger partial charge is 0.264 e. The van der Waals surface area contributed by atoms with Gasteiger partial charge in [0.25, 0.3) is 21.8 Å². The van der Waals surface area contributed by atoms with Gasteiger partial charge in [-0.3, -0.25) is 18.8 Å². The number of hydrogen-bond acceptors (Lipinski definition) is 6. The molecule has 2 aromatic carbocycles. The minimum absolute atomic E-state index is 0.0602. The number of hydrogen-bond donors (Lipinski definition) is 1. The summed E-state index contributed by atoms with van der Waals surface area (Å²) in [6.07, 6.45) is 3.44. The number of nitrogens with zero attached hydrogens (tertiary/aromatic N) is 3. The molecule has 1 aromatic heterocycles. The van der Waals surface area contributed by atoms with Crippen LogP contribution in [0.15, 0.2) is 53.4 Å². The van der Waals surface area contributed by atoms with Crippen molar-refractivity contribution in [2.75, 3.05) is 42.3 Å². The van der Waals surface area contributed by atoms with Crippen molar-refractivity contribution in [3.63, 3.8) is 0 Å². The monoisotopic (exact) mass is 594 g/mol. The zero-order valence-corrected chi connectivity index (χ0v) is 25.6. The second-order valence-electron chi connectivity index (χ2n) is 10.5. The third-order valence-electron chi connectivity index (χ3n) is 7.94. The molecule has 0 radical (unpaired) electrons. The average Bonchev–Trinajstić information content (AvgIpc) is 3.34. The van der Waals surface area contributed by atoms with Crippen molar-refractivity contribution in [1.82, 2.24) is 9.80 Å². The van der Waals surface area contributed by atoms with Gasteiger partial charge < -0.3 is 10.2 Å². The third kappa shape index (κ3) is 5.78. The Morgan fingerprint density at radius 1 is 0.976 bits per heavy atom. The lowest BCUT2D eigenvalue weighted by molar-refractivity contribution is 0.0772. The predicted molar refractivity (Wildman–Crippen MR) is 165 cm³/mol. The summed E-state index contributed by atoms with van der Waals surface area (Å²) in [5.41, 5.74) is 3.71. The number of fused-ring (bicyclic) bond motifs is 2. The maximum Gasteiger partial charge on any atom is 0.264 e. The molecule has 0 saturated heterocycles. The summed E-state index contributed by atoms with van der Waals surface area (Å²) in [5, 5.41) is 3.57. The normalized spacial score (nSPS) is 15.2. The Morgan fingerprint density at radius 2 is 1.71 bits per heavy atom. The molecule has 0 aliphatic carbocycles. The Bertz CT molecular complexity index is 1530. The van der Waals surface area contributed by atoms with E-state index < -0.39 is 10.0 Å². The van der Waals surface area contributed by atoms with Gasteiger partial charge in [0.05, 0.1) is 16.1 Å². The molecule has 3 aromatic rings. The fourth-order valence-corrected chi connectivity index (χ4v) is 8.59. The molecular formula is C31H38N4O4S2. The molecule has 2 aliphatic heterocycles. The minimum atomic E-state index is -3.77. The van der Waals surface area contributed by atoms with E-state index >= 15 is 0 Å². The van der Waals surface area contributed by atoms with Gasteiger partial charge in [-0.15, -0.1) is 11.3 Å². The molecular weight excluding hydrogens is 556 g/mol. The molecule has 1 N–H and O–H groups in total. The van der Waals surface area contributed by atoms with Gasteiger partial charge in [0, 0.05) is 43.2 Å². The average molecular weight is 595 g/mol. The van der Waals surface area contributed by atoms with Crippen LogP contribution in [0.1, 0.15) is 70.3 Å². The molecule has 2 amide bonds. The van der Waals surface area contributed by atoms with Gasteiger partial charge in [-0.05, 0) is 87.5 Å². The van der Waals surface area contributed by atoms with Crippen molar-refractivity contribution in [3.05, 3.63) is 75.7 Å². The quantitative estimate of drug-likeness (QED) is 0.359. The van der Waals surface area contributed by atoms with Crippen LogP contribution in [0.5, 0.6) is 0 Å². The fourth-order valence-electron chi connectivity index (χ4n) is 5.78. The Balaban J connectivity index is 1.40. The first-order valence-corrected chi connectivity index (χ1v) is 16.7. The standard InChI is InChI=1S/C31H38N4O4S2/c1-4-18-33-20-17-25-27(21-33)40-30(28(25)31(37)34(5-2)6-3)32-29(36)23-13-15-24(16-14-23)41(38,39)35-19-9-11-22-10-7-8-12-26(22)35/h7-8,10,12-16H,4-6,9,11,17-21H2,1-3H3,(H,32,36). The number of amides is 2. The van der Waals surface area contributed by atoms with Crippen molar-refractivity contribution in [1.29, 1.82) is 0 Å². The highest BCUT2D eigenvalue weighted by Crippen LogP contribution is 2.38. The number of carbonyl (C=O) groups is 2. The van der Waals surface area contributed by atoms with Crippen molar-refractivity contribution >= 4 is 43.9 Å². The number of carbonyl (C=O) groups excluding carboxylic acids is 2. The van der Waals surface area contributed by atoms with Crippen molar-refractivity contribution < 1.29 is 18.0 Å². The van der Waals surface area contributed by atoms with Gasteiger partial charge in [0.2, 0.25) is 0 Å². The molecule has 5 rings (SSSR count). The van der Waals surface area contributed by atoms with Crippen LogP contribution in [-0.2, 0) is 29.4 Å². The van der Waals surface area contributed by atoms with E-state index in [1.54, 1.807) is 17.0 Å². The topological polar surface area (TPSA) is 90.0 Å². The van der Waals surface area contributed by atoms with E-state index in [9.17, 15) is 18.0 Å². The zero-order valence-electron chi connectivity index (χ0n) is 24.0. The third-order valence-corrected chi connectivity index (χ3v) is 10.9. The van der Waals surface area contributed by atoms with E-state index in [-0.39, 0.29) is 16.7 Å². The van der Waals surface area contributed by atoms with Gasteiger partial charge in [-0.1, -0.05) is 25.1 Å². The van der Waals surface area contributed by atoms with E-state index in [1.165, 1.54) is 27.8 Å². The van der Waals surface area contributed by atoms with Crippen molar-refractivity contribution in [3.8, 4) is 0 Å². The van der Waals surface area contributed by atoms with Crippen LogP contribution >= 0.6 is 11.3 Å². The highest BCUT2D eigenvalue weighted by atomic mass is 32.2. The van der Waals surface area contributed by atoms with E-state index in [1.807, 2.05) is 38.1 Å². The van der Waals surface area contributed by atoms with E-state index in [2.05, 4.69) is 17.1 Å². The van der Waals surface area contributed by atoms with Gasteiger partial charge >= 0.3 is 0 Å². The van der Waals surface area contributed by atoms with Gasteiger partial charge in [0.1, 0.15) is 5.00 Å². The number of aryl methyl sites for hydroxylation is 1. The molecule has 218 valence electrons. The first-order chi connectivity index (χ1) is 19.8. The van der Waals surface area contributed by atoms with Crippen LogP contribution in [-0.4, -0.2) is 62.8 Å². The molecule has 0 saturated carbocycles. The molecule has 0 spiro atoms. The highest BCUT2D eigenvalue weighted by molar-refractivity contribution is 7.92. The summed E-state index contributed by atoms with van der Waals surface area (Å²) in [5.74, 6) is -0.426. The molecule has 10 heteroatoms. The Kier molecular flexibility index (Phi) is 8.82. The van der Waals surface area contributed by atoms with Crippen LogP contribution in [0.2, 0.25) is 0 Å². The first-order valence-electron chi connectivity index (χ1n) is 14.5. The molecule has 8 nitrogen and oxygen atoms in total. The number of sulfonamides is 1. The largest absolute Gasteiger partial charge is 0.339 e. The predicted octanol–water partition coefficient (Wildman–Crippen LogP) is 5.39. The van der Waals surface area contributed by atoms with Gasteiger partial charge in [-0.2, -0.15) is 0 Å². The molecule has 3 heterocycles. The lowest BCUT2D eigenvalue weighted by Crippen LogP contribution is -2.35. The van der Waals surface area contributed by atoms with Crippen LogP contribution in [0.4, 0.5) is 10.7 Å². The molecule has 0 bridgehead atoms. The van der Waals surface area contributed by atoms with Gasteiger partial charge in [-0.25, -0.2) is 8.42 Å². The molecule has 41 heavy (non-hydrogen) atoms. The molecule has 0 fully saturated rings. The minimum Gasteiger partial charge on any atom is -0.339 e. The second-order valence-corrected chi connectivity index (χ2v) is 13.5. The summed E-state index contributed by atoms with van der Waals surface area (Å²) in [6.45, 7) is 10.3.